The van der Waals surface area contributed by atoms with E-state index in [-0.39, 0.29) is 30.4 Å². The van der Waals surface area contributed by atoms with Gasteiger partial charge in [-0.3, -0.25) is 19.2 Å². The third-order valence-corrected chi connectivity index (χ3v) is 7.52. The lowest BCUT2D eigenvalue weighted by molar-refractivity contribution is -0.149. The zero-order chi connectivity index (χ0) is 35.6. The minimum absolute atomic E-state index is 0.0182. The fourth-order valence-corrected chi connectivity index (χ4v) is 4.44. The maximum atomic E-state index is 12.3. The molecule has 0 fully saturated rings. The average Bonchev–Trinajstić information content (AvgIpc) is 3.10. The molecule has 2 aromatic carbocycles. The largest absolute Gasteiger partial charge is 0.469 e. The number of halogens is 1. The molecular weight excluding hydrogens is 672 g/mol. The standard InChI is InChI=1S/C18H24O5.C9H9BrO2.C9H16O3/c1-4-5-6-7-16(19)15(18(21)23-3)12-13-8-10-14(11-9-13)17(20)22-2;1-12-9(11)8-4-2-7(6-10)3-5-8;1-3-4-5-6-8(10)7-9(11)12-2/h8-11,15H,4-7,12H2,1-3H3;2-5H,6H2,1H3;3-7H2,1-2H3. The average molecular weight is 722 g/mol. The van der Waals surface area contributed by atoms with Gasteiger partial charge in [0.15, 0.2) is 0 Å². The molecule has 0 aromatic heterocycles. The molecule has 1 unspecified atom stereocenters. The highest BCUT2D eigenvalue weighted by Crippen LogP contribution is 2.17. The molecule has 0 amide bonds. The number of carbonyl (C=O) groups excluding carboxylic acids is 6. The predicted molar refractivity (Wildman–Crippen MR) is 182 cm³/mol. The lowest BCUT2D eigenvalue weighted by atomic mass is 9.92. The summed E-state index contributed by atoms with van der Waals surface area (Å²) >= 11 is 3.32. The van der Waals surface area contributed by atoms with E-state index < -0.39 is 23.8 Å². The number of rotatable bonds is 17. The van der Waals surface area contributed by atoms with Gasteiger partial charge in [-0.2, -0.15) is 0 Å². The number of hydrogen-bond acceptors (Lipinski definition) is 10. The van der Waals surface area contributed by atoms with Crippen molar-refractivity contribution in [1.82, 2.24) is 0 Å². The first kappa shape index (κ1) is 43.1. The monoisotopic (exact) mass is 720 g/mol. The van der Waals surface area contributed by atoms with Crippen molar-refractivity contribution in [2.24, 2.45) is 5.92 Å². The Balaban J connectivity index is 0.000000743. The molecule has 2 rings (SSSR count). The fourth-order valence-electron chi connectivity index (χ4n) is 4.07. The summed E-state index contributed by atoms with van der Waals surface area (Å²) in [4.78, 5) is 68.1. The van der Waals surface area contributed by atoms with Gasteiger partial charge in [-0.25, -0.2) is 9.59 Å². The molecule has 0 spiro atoms. The topological polar surface area (TPSA) is 139 Å². The van der Waals surface area contributed by atoms with Crippen LogP contribution in [0.25, 0.3) is 0 Å². The van der Waals surface area contributed by atoms with Gasteiger partial charge in [-0.15, -0.1) is 0 Å². The number of methoxy groups -OCH3 is 4. The minimum atomic E-state index is -0.791. The Hall–Kier alpha value is -3.86. The Morgan fingerprint density at radius 1 is 0.617 bits per heavy atom. The first-order valence-corrected chi connectivity index (χ1v) is 16.7. The van der Waals surface area contributed by atoms with Crippen LogP contribution >= 0.6 is 15.9 Å². The number of esters is 4. The van der Waals surface area contributed by atoms with Gasteiger partial charge in [0, 0.05) is 18.2 Å². The molecule has 0 heterocycles. The molecule has 0 saturated heterocycles. The molecule has 11 heteroatoms. The van der Waals surface area contributed by atoms with Crippen molar-refractivity contribution < 1.29 is 47.7 Å². The van der Waals surface area contributed by atoms with E-state index in [1.807, 2.05) is 12.1 Å². The van der Waals surface area contributed by atoms with Crippen LogP contribution in [0.1, 0.15) is 103 Å². The van der Waals surface area contributed by atoms with Crippen molar-refractivity contribution in [2.45, 2.75) is 83.4 Å². The Labute approximate surface area is 287 Å². The van der Waals surface area contributed by atoms with Crippen LogP contribution in [-0.2, 0) is 49.9 Å². The highest BCUT2D eigenvalue weighted by molar-refractivity contribution is 9.08. The molecule has 2 aromatic rings. The zero-order valence-electron chi connectivity index (χ0n) is 28.4. The zero-order valence-corrected chi connectivity index (χ0v) is 30.0. The number of hydrogen-bond donors (Lipinski definition) is 0. The third-order valence-electron chi connectivity index (χ3n) is 6.87. The summed E-state index contributed by atoms with van der Waals surface area (Å²) < 4.78 is 18.3. The van der Waals surface area contributed by atoms with Gasteiger partial charge in [-0.1, -0.05) is 79.7 Å². The van der Waals surface area contributed by atoms with Crippen LogP contribution in [0.2, 0.25) is 0 Å². The van der Waals surface area contributed by atoms with Crippen molar-refractivity contribution in [2.75, 3.05) is 28.4 Å². The second kappa shape index (κ2) is 26.2. The Morgan fingerprint density at radius 2 is 1.09 bits per heavy atom. The lowest BCUT2D eigenvalue weighted by Crippen LogP contribution is -2.27. The van der Waals surface area contributed by atoms with Crippen LogP contribution in [0.5, 0.6) is 0 Å². The Bertz CT molecular complexity index is 1240. The van der Waals surface area contributed by atoms with Crippen molar-refractivity contribution in [3.63, 3.8) is 0 Å². The van der Waals surface area contributed by atoms with E-state index in [1.54, 1.807) is 36.4 Å². The van der Waals surface area contributed by atoms with Crippen LogP contribution in [0.3, 0.4) is 0 Å². The van der Waals surface area contributed by atoms with E-state index in [0.717, 1.165) is 55.0 Å². The molecule has 0 radical (unpaired) electrons. The van der Waals surface area contributed by atoms with E-state index in [1.165, 1.54) is 28.4 Å². The van der Waals surface area contributed by atoms with E-state index >= 15 is 0 Å². The highest BCUT2D eigenvalue weighted by atomic mass is 79.9. The van der Waals surface area contributed by atoms with Gasteiger partial charge in [0.2, 0.25) is 0 Å². The highest BCUT2D eigenvalue weighted by Gasteiger charge is 2.27. The molecule has 10 nitrogen and oxygen atoms in total. The number of carbonyl (C=O) groups is 6. The summed E-state index contributed by atoms with van der Waals surface area (Å²) in [5, 5.41) is 0.800. The van der Waals surface area contributed by atoms with Crippen molar-refractivity contribution in [1.29, 1.82) is 0 Å². The van der Waals surface area contributed by atoms with Crippen LogP contribution in [0.15, 0.2) is 48.5 Å². The lowest BCUT2D eigenvalue weighted by Gasteiger charge is -2.14. The van der Waals surface area contributed by atoms with E-state index in [0.29, 0.717) is 24.0 Å². The van der Waals surface area contributed by atoms with Crippen molar-refractivity contribution in [3.05, 3.63) is 70.8 Å². The molecule has 0 N–H and O–H groups in total. The fraction of sp³-hybridized carbons (Fsp3) is 0.500. The Kier molecular flexibility index (Phi) is 24.1. The summed E-state index contributed by atoms with van der Waals surface area (Å²) in [6.45, 7) is 4.13. The van der Waals surface area contributed by atoms with Gasteiger partial charge >= 0.3 is 23.9 Å². The van der Waals surface area contributed by atoms with Gasteiger partial charge in [0.25, 0.3) is 0 Å². The summed E-state index contributed by atoms with van der Waals surface area (Å²) in [6, 6.07) is 14.0. The number of ether oxygens (including phenoxy) is 4. The number of unbranched alkanes of at least 4 members (excludes halogenated alkanes) is 4. The van der Waals surface area contributed by atoms with Crippen LogP contribution in [-0.4, -0.2) is 63.9 Å². The number of Topliss-reactive ketones (excluding diaryl/α,β-unsaturated/α-hetero) is 2. The molecule has 1 atom stereocenters. The number of alkyl halides is 1. The van der Waals surface area contributed by atoms with E-state index in [4.69, 9.17) is 4.74 Å². The normalized spacial score (nSPS) is 10.5. The molecule has 47 heavy (non-hydrogen) atoms. The second-order valence-electron chi connectivity index (χ2n) is 10.5. The van der Waals surface area contributed by atoms with Crippen LogP contribution < -0.4 is 0 Å². The molecular formula is C36H49BrO10. The van der Waals surface area contributed by atoms with E-state index in [2.05, 4.69) is 44.0 Å². The molecule has 260 valence electrons. The number of benzene rings is 2. The van der Waals surface area contributed by atoms with Gasteiger partial charge < -0.3 is 18.9 Å². The molecule has 0 aliphatic carbocycles. The Morgan fingerprint density at radius 3 is 1.49 bits per heavy atom. The smallest absolute Gasteiger partial charge is 0.337 e. The summed E-state index contributed by atoms with van der Waals surface area (Å²) in [6.07, 6.45) is 6.88. The quantitative estimate of drug-likeness (QED) is 0.0551. The van der Waals surface area contributed by atoms with Gasteiger partial charge in [0.1, 0.15) is 23.9 Å². The van der Waals surface area contributed by atoms with Gasteiger partial charge in [-0.05, 0) is 54.7 Å². The molecule has 0 aliphatic rings. The molecule has 0 saturated carbocycles. The number of ketones is 2. The van der Waals surface area contributed by atoms with Gasteiger partial charge in [0.05, 0.1) is 39.6 Å². The summed E-state index contributed by atoms with van der Waals surface area (Å²) in [7, 11) is 5.27. The first-order valence-electron chi connectivity index (χ1n) is 15.6. The maximum Gasteiger partial charge on any atom is 0.337 e. The minimum Gasteiger partial charge on any atom is -0.469 e. The predicted octanol–water partition coefficient (Wildman–Crippen LogP) is 7.02. The van der Waals surface area contributed by atoms with Crippen LogP contribution in [0, 0.1) is 5.92 Å². The first-order chi connectivity index (χ1) is 22.5. The van der Waals surface area contributed by atoms with Crippen molar-refractivity contribution in [3.8, 4) is 0 Å². The maximum absolute atomic E-state index is 12.3. The SMILES string of the molecule is CCCCCC(=O)C(Cc1ccc(C(=O)OC)cc1)C(=O)OC.CCCCCC(=O)CC(=O)OC.COC(=O)c1ccc(CBr)cc1. The van der Waals surface area contributed by atoms with E-state index in [9.17, 15) is 28.8 Å². The van der Waals surface area contributed by atoms with Crippen LogP contribution in [0.4, 0.5) is 0 Å². The summed E-state index contributed by atoms with van der Waals surface area (Å²) in [5.41, 5.74) is 2.96. The van der Waals surface area contributed by atoms with Crippen molar-refractivity contribution >= 4 is 51.4 Å². The molecule has 0 bridgehead atoms. The second-order valence-corrected chi connectivity index (χ2v) is 11.0. The summed E-state index contributed by atoms with van der Waals surface area (Å²) in [5.74, 6) is -2.56. The molecule has 0 aliphatic heterocycles. The third kappa shape index (κ3) is 18.8.